The van der Waals surface area contributed by atoms with Crippen molar-refractivity contribution in [1.82, 2.24) is 0 Å². The van der Waals surface area contributed by atoms with Gasteiger partial charge in [-0.1, -0.05) is 58.0 Å². The molecule has 0 atom stereocenters. The first kappa shape index (κ1) is 22.7. The maximum atomic E-state index is 10.7. The summed E-state index contributed by atoms with van der Waals surface area (Å²) in [5, 5.41) is 18.5. The zero-order chi connectivity index (χ0) is 20.0. The van der Waals surface area contributed by atoms with E-state index in [2.05, 4.69) is 0 Å². The fourth-order valence-corrected chi connectivity index (χ4v) is 2.96. The van der Waals surface area contributed by atoms with Crippen molar-refractivity contribution < 1.29 is 24.5 Å². The molecule has 0 saturated heterocycles. The number of carboxylic acids is 2. The smallest absolute Gasteiger partial charge is 0.341 e. The van der Waals surface area contributed by atoms with Crippen LogP contribution in [0.25, 0.3) is 0 Å². The molecule has 0 aromatic heterocycles. The number of ether oxygens (including phenoxy) is 1. The first-order chi connectivity index (χ1) is 12.1. The third-order valence-corrected chi connectivity index (χ3v) is 4.75. The van der Waals surface area contributed by atoms with Gasteiger partial charge in [-0.3, -0.25) is 4.79 Å². The maximum absolute atomic E-state index is 10.7. The van der Waals surface area contributed by atoms with Crippen molar-refractivity contribution in [3.05, 3.63) is 60.5 Å². The average molecular weight is 461 g/mol. The van der Waals surface area contributed by atoms with Crippen molar-refractivity contribution in [3.8, 4) is 5.75 Å². The Labute approximate surface area is 173 Å². The van der Waals surface area contributed by atoms with Crippen molar-refractivity contribution in [1.29, 1.82) is 0 Å². The van der Waals surface area contributed by atoms with Gasteiger partial charge in [0.1, 0.15) is 5.56 Å². The molecule has 140 valence electrons. The molecule has 10 heteroatoms. The third-order valence-electron chi connectivity index (χ3n) is 2.94. The summed E-state index contributed by atoms with van der Waals surface area (Å²) in [5.74, 6) is -2.07. The highest BCUT2D eigenvalue weighted by Gasteiger charge is 2.18. The lowest BCUT2D eigenvalue weighted by molar-refractivity contribution is -0.136. The topological polar surface area (TPSA) is 83.8 Å². The van der Waals surface area contributed by atoms with E-state index >= 15 is 0 Å². The number of rotatable bonds is 4. The van der Waals surface area contributed by atoms with Crippen LogP contribution in [0.5, 0.6) is 5.75 Å². The molecule has 0 spiro atoms. The average Bonchev–Trinajstić information content (AvgIpc) is 2.57. The van der Waals surface area contributed by atoms with Crippen molar-refractivity contribution in [3.63, 3.8) is 0 Å². The molecule has 5 nitrogen and oxygen atoms in total. The van der Waals surface area contributed by atoms with Crippen LogP contribution in [0.15, 0.2) is 24.3 Å². The molecule has 2 rings (SSSR count). The Morgan fingerprint density at radius 1 is 0.885 bits per heavy atom. The molecule has 0 amide bonds. The number of carbonyl (C=O) groups is 2. The highest BCUT2D eigenvalue weighted by molar-refractivity contribution is 6.44. The van der Waals surface area contributed by atoms with E-state index in [4.69, 9.17) is 73.0 Å². The third kappa shape index (κ3) is 5.83. The largest absolute Gasteiger partial charge is 0.494 e. The van der Waals surface area contributed by atoms with Gasteiger partial charge in [-0.05, 0) is 24.3 Å². The molecule has 2 aromatic carbocycles. The first-order valence-electron chi connectivity index (χ1n) is 6.69. The Morgan fingerprint density at radius 2 is 1.38 bits per heavy atom. The van der Waals surface area contributed by atoms with E-state index in [9.17, 15) is 9.59 Å². The maximum Gasteiger partial charge on any atom is 0.341 e. The van der Waals surface area contributed by atoms with Gasteiger partial charge in [0.05, 0.1) is 33.6 Å². The second-order valence-corrected chi connectivity index (χ2v) is 6.64. The molecule has 0 aliphatic rings. The van der Waals surface area contributed by atoms with Gasteiger partial charge in [0, 0.05) is 10.6 Å². The monoisotopic (exact) mass is 458 g/mol. The predicted octanol–water partition coefficient (Wildman–Crippen LogP) is 5.97. The van der Waals surface area contributed by atoms with E-state index in [0.717, 1.165) is 0 Å². The first-order valence-corrected chi connectivity index (χ1v) is 8.58. The fraction of sp³-hybridized carbons (Fsp3) is 0.125. The van der Waals surface area contributed by atoms with E-state index < -0.39 is 11.9 Å². The highest BCUT2D eigenvalue weighted by atomic mass is 35.5. The molecular weight excluding hydrogens is 449 g/mol. The SMILES string of the molecule is COc1c(Cl)ccc(Cl)c1C(=O)O.O=C(O)Cc1c(Cl)ccc(Cl)c1Cl. The van der Waals surface area contributed by atoms with E-state index in [1.165, 1.54) is 31.4 Å². The molecule has 0 bridgehead atoms. The zero-order valence-electron chi connectivity index (χ0n) is 13.0. The molecule has 0 unspecified atom stereocenters. The standard InChI is InChI=1S/C8H5Cl3O2.C8H6Cl2O3/c9-5-1-2-6(10)8(11)4(5)3-7(12)13;1-13-7-5(10)3-2-4(9)6(7)8(11)12/h1-2H,3H2,(H,12,13);2-3H,1H3,(H,11,12). The van der Waals surface area contributed by atoms with Gasteiger partial charge in [0.15, 0.2) is 5.75 Å². The Hall–Kier alpha value is -1.37. The van der Waals surface area contributed by atoms with E-state index in [-0.39, 0.29) is 32.8 Å². The van der Waals surface area contributed by atoms with Gasteiger partial charge < -0.3 is 14.9 Å². The number of hydrogen-bond donors (Lipinski definition) is 2. The minimum Gasteiger partial charge on any atom is -0.494 e. The van der Waals surface area contributed by atoms with Crippen molar-refractivity contribution >= 4 is 69.9 Å². The van der Waals surface area contributed by atoms with Crippen molar-refractivity contribution in [2.24, 2.45) is 0 Å². The molecule has 2 aromatic rings. The van der Waals surface area contributed by atoms with Gasteiger partial charge in [0.25, 0.3) is 0 Å². The lowest BCUT2D eigenvalue weighted by Crippen LogP contribution is -2.01. The molecule has 0 fully saturated rings. The lowest BCUT2D eigenvalue weighted by atomic mass is 10.1. The van der Waals surface area contributed by atoms with E-state index in [1.54, 1.807) is 0 Å². The molecule has 0 saturated carbocycles. The minimum atomic E-state index is -1.16. The summed E-state index contributed by atoms with van der Waals surface area (Å²) in [6.07, 6.45) is -0.224. The number of hydrogen-bond acceptors (Lipinski definition) is 3. The summed E-state index contributed by atoms with van der Waals surface area (Å²) in [7, 11) is 1.34. The molecule has 0 radical (unpaired) electrons. The summed E-state index contributed by atoms with van der Waals surface area (Å²) in [6.45, 7) is 0. The lowest BCUT2D eigenvalue weighted by Gasteiger charge is -2.07. The van der Waals surface area contributed by atoms with Crippen molar-refractivity contribution in [2.45, 2.75) is 6.42 Å². The van der Waals surface area contributed by atoms with Crippen LogP contribution in [0.1, 0.15) is 15.9 Å². The summed E-state index contributed by atoms with van der Waals surface area (Å²) in [4.78, 5) is 21.2. The number of halogens is 5. The van der Waals surface area contributed by atoms with E-state index in [0.29, 0.717) is 15.6 Å². The Bertz CT molecular complexity index is 838. The summed E-state index contributed by atoms with van der Waals surface area (Å²) in [6, 6.07) is 5.94. The Morgan fingerprint density at radius 3 is 1.85 bits per heavy atom. The molecule has 2 N–H and O–H groups in total. The second kappa shape index (κ2) is 10.1. The van der Waals surface area contributed by atoms with Crippen LogP contribution in [0.2, 0.25) is 25.1 Å². The fourth-order valence-electron chi connectivity index (χ4n) is 1.81. The molecule has 26 heavy (non-hydrogen) atoms. The predicted molar refractivity (Wildman–Crippen MR) is 103 cm³/mol. The number of methoxy groups -OCH3 is 1. The van der Waals surface area contributed by atoms with Crippen LogP contribution in [0.3, 0.4) is 0 Å². The number of benzene rings is 2. The van der Waals surface area contributed by atoms with Gasteiger partial charge in [-0.15, -0.1) is 0 Å². The van der Waals surface area contributed by atoms with Crippen molar-refractivity contribution in [2.75, 3.05) is 7.11 Å². The van der Waals surface area contributed by atoms with Gasteiger partial charge in [0.2, 0.25) is 0 Å². The van der Waals surface area contributed by atoms with Crippen LogP contribution in [0, 0.1) is 0 Å². The number of carboxylic acid groups (broad SMARTS) is 2. The van der Waals surface area contributed by atoms with Crippen LogP contribution in [-0.4, -0.2) is 29.3 Å². The molecule has 0 heterocycles. The van der Waals surface area contributed by atoms with Crippen LogP contribution in [-0.2, 0) is 11.2 Å². The zero-order valence-corrected chi connectivity index (χ0v) is 16.8. The van der Waals surface area contributed by atoms with Gasteiger partial charge in [-0.2, -0.15) is 0 Å². The van der Waals surface area contributed by atoms with Gasteiger partial charge >= 0.3 is 11.9 Å². The van der Waals surface area contributed by atoms with Crippen LogP contribution < -0.4 is 4.74 Å². The summed E-state index contributed by atoms with van der Waals surface area (Å²) >= 11 is 28.5. The molecule has 0 aliphatic heterocycles. The molecular formula is C16H11Cl5O5. The van der Waals surface area contributed by atoms with Gasteiger partial charge in [-0.25, -0.2) is 4.79 Å². The van der Waals surface area contributed by atoms with E-state index in [1.807, 2.05) is 0 Å². The number of aromatic carboxylic acids is 1. The van der Waals surface area contributed by atoms with Crippen LogP contribution >= 0.6 is 58.0 Å². The summed E-state index contributed by atoms with van der Waals surface area (Å²) < 4.78 is 4.82. The highest BCUT2D eigenvalue weighted by Crippen LogP contribution is 2.33. The quantitative estimate of drug-likeness (QED) is 0.549. The minimum absolute atomic E-state index is 0.0849. The second-order valence-electron chi connectivity index (χ2n) is 4.63. The normalized spacial score (nSPS) is 9.92. The molecule has 0 aliphatic carbocycles. The summed E-state index contributed by atoms with van der Waals surface area (Å²) in [5.41, 5.74) is 0.236. The Balaban J connectivity index is 0.000000260. The Kier molecular flexibility index (Phi) is 8.80. The number of aliphatic carboxylic acids is 1. The van der Waals surface area contributed by atoms with Crippen LogP contribution in [0.4, 0.5) is 0 Å².